The maximum atomic E-state index is 13.6. The second kappa shape index (κ2) is 15.9. The quantitative estimate of drug-likeness (QED) is 0.0713. The molecule has 0 saturated heterocycles. The number of carbonyl (C=O) groups excluding carboxylic acids is 1. The van der Waals surface area contributed by atoms with Crippen LogP contribution >= 0.6 is 35.2 Å². The van der Waals surface area contributed by atoms with Gasteiger partial charge in [0.25, 0.3) is 5.91 Å². The average molecular weight is 762 g/mol. The Bertz CT molecular complexity index is 1500. The van der Waals surface area contributed by atoms with Gasteiger partial charge in [0.2, 0.25) is 0 Å². The van der Waals surface area contributed by atoms with Crippen molar-refractivity contribution in [3.63, 3.8) is 0 Å². The Kier molecular flexibility index (Phi) is 12.0. The molecule has 0 radical (unpaired) electrons. The summed E-state index contributed by atoms with van der Waals surface area (Å²) >= 11 is 7.23. The first kappa shape index (κ1) is 34.6. The number of hydrogen-bond donors (Lipinski definition) is 2. The van der Waals surface area contributed by atoms with Crippen LogP contribution in [0.25, 0.3) is 0 Å². The summed E-state index contributed by atoms with van der Waals surface area (Å²) in [6, 6.07) is 18.3. The van der Waals surface area contributed by atoms with Gasteiger partial charge in [-0.05, 0) is 54.8 Å². The molecule has 0 bridgehead atoms. The van der Waals surface area contributed by atoms with Crippen molar-refractivity contribution in [2.24, 2.45) is 0 Å². The van der Waals surface area contributed by atoms with Crippen LogP contribution in [0.4, 0.5) is 17.1 Å². The fourth-order valence-electron chi connectivity index (χ4n) is 5.84. The zero-order valence-electron chi connectivity index (χ0n) is 27.0. The second-order valence-electron chi connectivity index (χ2n) is 12.1. The van der Waals surface area contributed by atoms with Crippen LogP contribution in [0.5, 0.6) is 11.5 Å². The number of alkyl halides is 1. The second-order valence-corrected chi connectivity index (χ2v) is 14.1. The monoisotopic (exact) mass is 761 g/mol. The predicted molar refractivity (Wildman–Crippen MR) is 195 cm³/mol. The number of hydrogen-bond acceptors (Lipinski definition) is 9. The minimum Gasteiger partial charge on any atom is -0.493 e. The van der Waals surface area contributed by atoms with Crippen molar-refractivity contribution in [3.8, 4) is 11.5 Å². The highest BCUT2D eigenvalue weighted by Gasteiger charge is 2.39. The molecule has 2 aliphatic rings. The van der Waals surface area contributed by atoms with Gasteiger partial charge in [-0.3, -0.25) is 9.69 Å². The third-order valence-corrected chi connectivity index (χ3v) is 8.91. The van der Waals surface area contributed by atoms with Crippen LogP contribution < -0.4 is 24.6 Å². The normalized spacial score (nSPS) is 15.2. The number of halogens is 1. The zero-order chi connectivity index (χ0) is 32.7. The fourth-order valence-corrected chi connectivity index (χ4v) is 6.45. The maximum Gasteiger partial charge on any atom is 0.262 e. The maximum absolute atomic E-state index is 13.6. The third-order valence-electron chi connectivity index (χ3n) is 7.89. The van der Waals surface area contributed by atoms with Crippen LogP contribution in [0.3, 0.4) is 0 Å². The van der Waals surface area contributed by atoms with E-state index in [-0.39, 0.29) is 16.8 Å². The molecule has 5 rings (SSSR count). The van der Waals surface area contributed by atoms with E-state index in [1.54, 1.807) is 20.3 Å². The largest absolute Gasteiger partial charge is 0.493 e. The van der Waals surface area contributed by atoms with Crippen molar-refractivity contribution in [2.45, 2.75) is 42.2 Å². The summed E-state index contributed by atoms with van der Waals surface area (Å²) in [6.45, 7) is 8.81. The lowest BCUT2D eigenvalue weighted by Crippen LogP contribution is -2.46. The molecule has 0 aliphatic carbocycles. The molecule has 1 atom stereocenters. The molecule has 248 valence electrons. The number of nitrogens with one attached hydrogen (secondary N) is 1. The number of amides is 1. The van der Waals surface area contributed by atoms with Crippen LogP contribution in [0.2, 0.25) is 0 Å². The van der Waals surface area contributed by atoms with Gasteiger partial charge in [0.15, 0.2) is 11.5 Å². The minimum atomic E-state index is -0.211. The van der Waals surface area contributed by atoms with Crippen molar-refractivity contribution in [1.29, 1.82) is 0 Å². The highest BCUT2D eigenvalue weighted by atomic mass is 127. The molecule has 0 aromatic heterocycles. The number of para-hydroxylation sites is 1. The lowest BCUT2D eigenvalue weighted by Gasteiger charge is -2.33. The Morgan fingerprint density at radius 1 is 0.978 bits per heavy atom. The summed E-state index contributed by atoms with van der Waals surface area (Å²) in [6.07, 6.45) is 0.623. The van der Waals surface area contributed by atoms with Crippen LogP contribution in [0.15, 0.2) is 54.6 Å². The van der Waals surface area contributed by atoms with Crippen molar-refractivity contribution in [3.05, 3.63) is 76.9 Å². The van der Waals surface area contributed by atoms with Crippen LogP contribution in [-0.2, 0) is 31.7 Å². The van der Waals surface area contributed by atoms with E-state index in [2.05, 4.69) is 70.9 Å². The lowest BCUT2D eigenvalue weighted by molar-refractivity contribution is 0.0264. The molecular weight excluding hydrogens is 717 g/mol. The molecule has 9 nitrogen and oxygen atoms in total. The van der Waals surface area contributed by atoms with Gasteiger partial charge in [-0.15, -0.1) is 0 Å². The van der Waals surface area contributed by atoms with E-state index in [0.29, 0.717) is 63.2 Å². The van der Waals surface area contributed by atoms with E-state index in [4.69, 9.17) is 36.3 Å². The van der Waals surface area contributed by atoms with Gasteiger partial charge in [0.05, 0.1) is 51.4 Å². The number of fused-ring (bicyclic) bond motifs is 4. The Labute approximate surface area is 291 Å². The number of thiol groups is 1. The molecule has 2 aliphatic heterocycles. The van der Waals surface area contributed by atoms with E-state index in [0.717, 1.165) is 45.6 Å². The topological polar surface area (TPSA) is 81.7 Å². The van der Waals surface area contributed by atoms with Gasteiger partial charge in [-0.2, -0.15) is 12.6 Å². The van der Waals surface area contributed by atoms with Gasteiger partial charge in [-0.25, -0.2) is 0 Å². The first-order valence-electron chi connectivity index (χ1n) is 15.5. The predicted octanol–water partition coefficient (Wildman–Crippen LogP) is 6.36. The molecule has 1 amide bonds. The van der Waals surface area contributed by atoms with E-state index in [9.17, 15) is 4.79 Å². The summed E-state index contributed by atoms with van der Waals surface area (Å²) in [5.41, 5.74) is 6.78. The third kappa shape index (κ3) is 8.60. The van der Waals surface area contributed by atoms with E-state index in [1.165, 1.54) is 5.56 Å². The van der Waals surface area contributed by atoms with Gasteiger partial charge in [0, 0.05) is 53.2 Å². The number of ether oxygens (including phenoxy) is 5. The van der Waals surface area contributed by atoms with Crippen LogP contribution in [-0.4, -0.2) is 77.2 Å². The van der Waals surface area contributed by atoms with E-state index < -0.39 is 0 Å². The first-order chi connectivity index (χ1) is 22.2. The Hall–Kier alpha value is -2.71. The smallest absolute Gasteiger partial charge is 0.262 e. The molecule has 11 heteroatoms. The summed E-state index contributed by atoms with van der Waals surface area (Å²) in [5.74, 6) is 1.07. The van der Waals surface area contributed by atoms with Crippen LogP contribution in [0, 0.1) is 0 Å². The van der Waals surface area contributed by atoms with Gasteiger partial charge < -0.3 is 33.9 Å². The molecule has 1 N–H and O–H groups in total. The fraction of sp³-hybridized carbons (Fsp3) is 0.457. The van der Waals surface area contributed by atoms with Crippen molar-refractivity contribution in [2.75, 3.05) is 75.5 Å². The SMILES string of the molecule is COCCOCCOCCN(CC(C)(C)S)c1cc(CI)cc(COc2cc3c(cc2OC)C(=O)N2c4ccccc4C[C@H]2N3)c1. The van der Waals surface area contributed by atoms with Gasteiger partial charge in [0.1, 0.15) is 12.8 Å². The Morgan fingerprint density at radius 2 is 1.72 bits per heavy atom. The summed E-state index contributed by atoms with van der Waals surface area (Å²) in [4.78, 5) is 17.8. The Morgan fingerprint density at radius 3 is 2.46 bits per heavy atom. The molecular formula is C35H44IN3O6S. The molecule has 0 saturated carbocycles. The number of methoxy groups -OCH3 is 2. The highest BCUT2D eigenvalue weighted by Crippen LogP contribution is 2.42. The van der Waals surface area contributed by atoms with Crippen molar-refractivity contribution < 1.29 is 28.5 Å². The number of nitrogens with zero attached hydrogens (tertiary/aromatic N) is 2. The molecule has 3 aromatic rings. The Balaban J connectivity index is 1.30. The van der Waals surface area contributed by atoms with Gasteiger partial charge in [-0.1, -0.05) is 46.9 Å². The minimum absolute atomic E-state index is 0.0391. The molecule has 2 heterocycles. The first-order valence-corrected chi connectivity index (χ1v) is 17.5. The molecule has 3 aromatic carbocycles. The summed E-state index contributed by atoms with van der Waals surface area (Å²) < 4.78 is 29.2. The molecule has 0 unspecified atom stereocenters. The highest BCUT2D eigenvalue weighted by molar-refractivity contribution is 14.1. The van der Waals surface area contributed by atoms with Gasteiger partial charge >= 0.3 is 0 Å². The number of carbonyl (C=O) groups is 1. The lowest BCUT2D eigenvalue weighted by atomic mass is 10.1. The molecule has 0 spiro atoms. The van der Waals surface area contributed by atoms with Crippen molar-refractivity contribution in [1.82, 2.24) is 0 Å². The summed E-state index contributed by atoms with van der Waals surface area (Å²) in [5, 5.41) is 3.56. The average Bonchev–Trinajstić information content (AvgIpc) is 3.42. The van der Waals surface area contributed by atoms with E-state index >= 15 is 0 Å². The number of benzene rings is 3. The van der Waals surface area contributed by atoms with Crippen molar-refractivity contribution >= 4 is 58.2 Å². The van der Waals surface area contributed by atoms with E-state index in [1.807, 2.05) is 29.2 Å². The number of rotatable bonds is 17. The van der Waals surface area contributed by atoms with Crippen LogP contribution in [0.1, 0.15) is 40.9 Å². The number of anilines is 3. The molecule has 0 fully saturated rings. The zero-order valence-corrected chi connectivity index (χ0v) is 30.1. The summed E-state index contributed by atoms with van der Waals surface area (Å²) in [7, 11) is 3.26. The standard InChI is InChI=1S/C35H44IN3O6S/c1-35(2,46)23-38(9-10-43-13-14-44-12-11-41-3)27-16-24(21-36)15-25(17-27)22-45-32-20-29-28(19-31(32)42-4)34(40)39-30-8-6-5-7-26(30)18-33(39)37-29/h5-8,15-17,19-20,33,37,46H,9-14,18,21-23H2,1-4H3/t33-/m0/s1. The molecule has 46 heavy (non-hydrogen) atoms.